The number of aliphatic hydroxyl groups is 1. The highest BCUT2D eigenvalue weighted by atomic mass is 19.4. The van der Waals surface area contributed by atoms with E-state index in [-0.39, 0.29) is 17.1 Å². The zero-order valence-corrected chi connectivity index (χ0v) is 16.4. The summed E-state index contributed by atoms with van der Waals surface area (Å²) in [6.07, 6.45) is -2.95. The van der Waals surface area contributed by atoms with Crippen LogP contribution in [0.15, 0.2) is 48.5 Å². The third-order valence-electron chi connectivity index (χ3n) is 6.04. The summed E-state index contributed by atoms with van der Waals surface area (Å²) in [5.41, 5.74) is 2.83. The van der Waals surface area contributed by atoms with E-state index in [1.807, 2.05) is 18.2 Å². The fourth-order valence-corrected chi connectivity index (χ4v) is 4.56. The number of para-hydroxylation sites is 1. The molecule has 30 heavy (non-hydrogen) atoms. The van der Waals surface area contributed by atoms with Crippen molar-refractivity contribution in [3.63, 3.8) is 0 Å². The Bertz CT molecular complexity index is 907. The Balaban J connectivity index is 1.41. The number of hydrogen-bond donors (Lipinski definition) is 1. The van der Waals surface area contributed by atoms with Crippen LogP contribution in [0.2, 0.25) is 0 Å². The standard InChI is InChI=1S/C22H23F3N2O3/c23-22(24,25)30-17-7-5-16(6-8-17)13-26-11-9-21(10-12-26)15-27(20(29)14-28)19-4-2-1-3-18(19)21/h1-8,28H,9-15H2. The Morgan fingerprint density at radius 3 is 2.37 bits per heavy atom. The minimum absolute atomic E-state index is 0.123. The number of rotatable bonds is 4. The maximum Gasteiger partial charge on any atom is 0.573 e. The average molecular weight is 420 g/mol. The largest absolute Gasteiger partial charge is 0.573 e. The van der Waals surface area contributed by atoms with Crippen LogP contribution in [-0.4, -0.2) is 48.5 Å². The number of halogens is 3. The number of hydrogen-bond acceptors (Lipinski definition) is 4. The van der Waals surface area contributed by atoms with E-state index in [1.54, 1.807) is 17.0 Å². The minimum atomic E-state index is -4.69. The van der Waals surface area contributed by atoms with Crippen LogP contribution < -0.4 is 9.64 Å². The minimum Gasteiger partial charge on any atom is -0.406 e. The van der Waals surface area contributed by atoms with Crippen molar-refractivity contribution in [1.82, 2.24) is 4.90 Å². The lowest BCUT2D eigenvalue weighted by Gasteiger charge is -2.40. The van der Waals surface area contributed by atoms with Gasteiger partial charge in [-0.15, -0.1) is 13.2 Å². The van der Waals surface area contributed by atoms with Gasteiger partial charge in [-0.05, 0) is 55.3 Å². The Hall–Kier alpha value is -2.58. The fraction of sp³-hybridized carbons (Fsp3) is 0.409. The lowest BCUT2D eigenvalue weighted by Crippen LogP contribution is -2.46. The number of carbonyl (C=O) groups excluding carboxylic acids is 1. The van der Waals surface area contributed by atoms with Crippen LogP contribution >= 0.6 is 0 Å². The number of piperidine rings is 1. The molecule has 1 amide bonds. The van der Waals surface area contributed by atoms with Crippen LogP contribution in [0.5, 0.6) is 5.75 Å². The second-order valence-electron chi connectivity index (χ2n) is 7.90. The molecule has 0 saturated carbocycles. The molecule has 2 aliphatic rings. The molecule has 1 spiro atoms. The van der Waals surface area contributed by atoms with E-state index in [1.165, 1.54) is 12.1 Å². The Kier molecular flexibility index (Phi) is 5.46. The molecule has 1 fully saturated rings. The predicted molar refractivity (Wildman–Crippen MR) is 105 cm³/mol. The fourth-order valence-electron chi connectivity index (χ4n) is 4.56. The van der Waals surface area contributed by atoms with Crippen molar-refractivity contribution in [3.05, 3.63) is 59.7 Å². The normalized spacial score (nSPS) is 18.5. The lowest BCUT2D eigenvalue weighted by molar-refractivity contribution is -0.274. The van der Waals surface area contributed by atoms with Crippen molar-refractivity contribution >= 4 is 11.6 Å². The number of alkyl halides is 3. The van der Waals surface area contributed by atoms with E-state index < -0.39 is 13.0 Å². The maximum atomic E-state index is 12.3. The molecule has 8 heteroatoms. The molecule has 2 heterocycles. The second kappa shape index (κ2) is 7.92. The van der Waals surface area contributed by atoms with E-state index in [2.05, 4.69) is 15.7 Å². The summed E-state index contributed by atoms with van der Waals surface area (Å²) < 4.78 is 40.8. The number of aliphatic hydroxyl groups excluding tert-OH is 1. The molecule has 2 aromatic carbocycles. The van der Waals surface area contributed by atoms with E-state index in [9.17, 15) is 23.1 Å². The summed E-state index contributed by atoms with van der Waals surface area (Å²) in [4.78, 5) is 16.2. The summed E-state index contributed by atoms with van der Waals surface area (Å²) in [7, 11) is 0. The number of ether oxygens (including phenoxy) is 1. The van der Waals surface area contributed by atoms with Crippen molar-refractivity contribution in [3.8, 4) is 5.75 Å². The van der Waals surface area contributed by atoms with Crippen LogP contribution in [0, 0.1) is 0 Å². The van der Waals surface area contributed by atoms with Gasteiger partial charge in [0.25, 0.3) is 5.91 Å². The van der Waals surface area contributed by atoms with Gasteiger partial charge in [-0.2, -0.15) is 0 Å². The first-order chi connectivity index (χ1) is 14.3. The van der Waals surface area contributed by atoms with Crippen LogP contribution in [-0.2, 0) is 16.8 Å². The molecule has 1 saturated heterocycles. The molecule has 160 valence electrons. The van der Waals surface area contributed by atoms with E-state index >= 15 is 0 Å². The Morgan fingerprint density at radius 1 is 1.07 bits per heavy atom. The second-order valence-corrected chi connectivity index (χ2v) is 7.90. The number of amides is 1. The third kappa shape index (κ3) is 4.15. The van der Waals surface area contributed by atoms with E-state index in [4.69, 9.17) is 0 Å². The van der Waals surface area contributed by atoms with E-state index in [0.29, 0.717) is 13.1 Å². The Morgan fingerprint density at radius 2 is 1.73 bits per heavy atom. The van der Waals surface area contributed by atoms with Crippen molar-refractivity contribution < 1.29 is 27.8 Å². The number of anilines is 1. The molecule has 5 nitrogen and oxygen atoms in total. The molecule has 1 N–H and O–H groups in total. The average Bonchev–Trinajstić information content (AvgIpc) is 3.04. The highest BCUT2D eigenvalue weighted by Gasteiger charge is 2.45. The molecule has 0 bridgehead atoms. The van der Waals surface area contributed by atoms with Crippen molar-refractivity contribution in [2.75, 3.05) is 31.1 Å². The Labute approximate surface area is 172 Å². The molecular weight excluding hydrogens is 397 g/mol. The number of likely N-dealkylation sites (tertiary alicyclic amines) is 1. The smallest absolute Gasteiger partial charge is 0.406 e. The van der Waals surface area contributed by atoms with E-state index in [0.717, 1.165) is 42.7 Å². The van der Waals surface area contributed by atoms with Gasteiger partial charge < -0.3 is 14.7 Å². The quantitative estimate of drug-likeness (QED) is 0.823. The van der Waals surface area contributed by atoms with Crippen molar-refractivity contribution in [2.45, 2.75) is 31.2 Å². The summed E-state index contributed by atoms with van der Waals surface area (Å²) in [6.45, 7) is 2.34. The van der Waals surface area contributed by atoms with Gasteiger partial charge >= 0.3 is 6.36 Å². The van der Waals surface area contributed by atoms with Crippen LogP contribution in [0.3, 0.4) is 0 Å². The van der Waals surface area contributed by atoms with Gasteiger partial charge in [-0.25, -0.2) is 0 Å². The summed E-state index contributed by atoms with van der Waals surface area (Å²) in [5, 5.41) is 9.32. The monoisotopic (exact) mass is 420 g/mol. The zero-order valence-electron chi connectivity index (χ0n) is 16.4. The number of fused-ring (bicyclic) bond motifs is 2. The van der Waals surface area contributed by atoms with Gasteiger partial charge in [-0.3, -0.25) is 9.69 Å². The molecule has 2 aliphatic heterocycles. The maximum absolute atomic E-state index is 12.3. The topological polar surface area (TPSA) is 53.0 Å². The van der Waals surface area contributed by atoms with Gasteiger partial charge in [0.05, 0.1) is 0 Å². The van der Waals surface area contributed by atoms with Gasteiger partial charge in [0.2, 0.25) is 0 Å². The highest BCUT2D eigenvalue weighted by Crippen LogP contribution is 2.47. The number of carbonyl (C=O) groups is 1. The van der Waals surface area contributed by atoms with Crippen LogP contribution in [0.25, 0.3) is 0 Å². The van der Waals surface area contributed by atoms with Gasteiger partial charge in [-0.1, -0.05) is 30.3 Å². The first-order valence-corrected chi connectivity index (χ1v) is 9.87. The molecule has 4 rings (SSSR count). The summed E-state index contributed by atoms with van der Waals surface area (Å²) >= 11 is 0. The number of benzene rings is 2. The first kappa shape index (κ1) is 20.7. The molecule has 0 radical (unpaired) electrons. The SMILES string of the molecule is O=C(CO)N1CC2(CCN(Cc3ccc(OC(F)(F)F)cc3)CC2)c2ccccc21. The number of nitrogens with zero attached hydrogens (tertiary/aromatic N) is 2. The van der Waals surface area contributed by atoms with Crippen molar-refractivity contribution in [1.29, 1.82) is 0 Å². The first-order valence-electron chi connectivity index (χ1n) is 9.87. The lowest BCUT2D eigenvalue weighted by atomic mass is 9.74. The molecule has 0 aromatic heterocycles. The summed E-state index contributed by atoms with van der Waals surface area (Å²) in [5.74, 6) is -0.511. The zero-order chi connectivity index (χ0) is 21.4. The summed E-state index contributed by atoms with van der Waals surface area (Å²) in [6, 6.07) is 13.8. The van der Waals surface area contributed by atoms with Gasteiger partial charge in [0.1, 0.15) is 12.4 Å². The van der Waals surface area contributed by atoms with Crippen LogP contribution in [0.1, 0.15) is 24.0 Å². The molecule has 2 aromatic rings. The molecular formula is C22H23F3N2O3. The van der Waals surface area contributed by atoms with Crippen molar-refractivity contribution in [2.24, 2.45) is 0 Å². The molecule has 0 aliphatic carbocycles. The van der Waals surface area contributed by atoms with Gasteiger partial charge in [0, 0.05) is 24.2 Å². The van der Waals surface area contributed by atoms with Gasteiger partial charge in [0.15, 0.2) is 0 Å². The highest BCUT2D eigenvalue weighted by molar-refractivity contribution is 5.97. The third-order valence-corrected chi connectivity index (χ3v) is 6.04. The predicted octanol–water partition coefficient (Wildman–Crippen LogP) is 3.46. The molecule has 0 unspecified atom stereocenters. The molecule has 0 atom stereocenters. The van der Waals surface area contributed by atoms with Crippen LogP contribution in [0.4, 0.5) is 18.9 Å².